The molecule has 2 aromatic heterocycles. The Balaban J connectivity index is 1.82. The number of phenolic OH excluding ortho intramolecular Hbond substituents is 1. The third-order valence-corrected chi connectivity index (χ3v) is 6.54. The van der Waals surface area contributed by atoms with Crippen LogP contribution in [-0.4, -0.2) is 21.2 Å². The number of anilines is 1. The molecule has 5 rings (SSSR count). The molecule has 0 saturated heterocycles. The average molecular weight is 484 g/mol. The van der Waals surface area contributed by atoms with Crippen LogP contribution in [0.25, 0.3) is 11.0 Å². The van der Waals surface area contributed by atoms with Gasteiger partial charge in [0.25, 0.3) is 5.91 Å². The Morgan fingerprint density at radius 2 is 2.03 bits per heavy atom. The van der Waals surface area contributed by atoms with E-state index in [1.165, 1.54) is 28.4 Å². The molecule has 2 aromatic carbocycles. The van der Waals surface area contributed by atoms with Crippen molar-refractivity contribution in [3.05, 3.63) is 79.1 Å². The highest BCUT2D eigenvalue weighted by molar-refractivity contribution is 9.10. The monoisotopic (exact) mass is 483 g/mol. The summed E-state index contributed by atoms with van der Waals surface area (Å²) in [5, 5.41) is 19.8. The molecule has 0 bridgehead atoms. The van der Waals surface area contributed by atoms with Gasteiger partial charge in [0.2, 0.25) is 10.9 Å². The van der Waals surface area contributed by atoms with Gasteiger partial charge < -0.3 is 9.52 Å². The zero-order chi connectivity index (χ0) is 21.0. The zero-order valence-electron chi connectivity index (χ0n) is 15.6. The minimum atomic E-state index is -0.781. The van der Waals surface area contributed by atoms with Crippen LogP contribution in [0.5, 0.6) is 5.75 Å². The third-order valence-electron chi connectivity index (χ3n) is 4.98. The zero-order valence-corrected chi connectivity index (χ0v) is 18.0. The largest absolute Gasteiger partial charge is 0.508 e. The molecular formula is C21H14BrN3O4S. The number of fused-ring (bicyclic) bond motifs is 2. The Kier molecular flexibility index (Phi) is 4.44. The molecule has 0 fully saturated rings. The summed E-state index contributed by atoms with van der Waals surface area (Å²) in [4.78, 5) is 28.3. The molecule has 1 aliphatic heterocycles. The van der Waals surface area contributed by atoms with E-state index in [0.717, 1.165) is 9.48 Å². The van der Waals surface area contributed by atoms with Crippen molar-refractivity contribution in [1.82, 2.24) is 10.2 Å². The SMILES string of the molecule is CCc1nnc(N2C(=O)c3oc4ccc(Br)cc4c(=O)c3C2c2cccc(O)c2)s1. The van der Waals surface area contributed by atoms with Gasteiger partial charge in [0.1, 0.15) is 16.3 Å². The van der Waals surface area contributed by atoms with Crippen molar-refractivity contribution in [2.24, 2.45) is 0 Å². The van der Waals surface area contributed by atoms with Gasteiger partial charge in [-0.15, -0.1) is 10.2 Å². The summed E-state index contributed by atoms with van der Waals surface area (Å²) in [6, 6.07) is 10.8. The van der Waals surface area contributed by atoms with Gasteiger partial charge in [-0.25, -0.2) is 0 Å². The fraction of sp³-hybridized carbons (Fsp3) is 0.143. The molecule has 4 aromatic rings. The molecule has 7 nitrogen and oxygen atoms in total. The quantitative estimate of drug-likeness (QED) is 0.463. The number of aromatic nitrogens is 2. The van der Waals surface area contributed by atoms with Crippen LogP contribution < -0.4 is 10.3 Å². The second-order valence-electron chi connectivity index (χ2n) is 6.82. The number of nitrogens with zero attached hydrogens (tertiary/aromatic N) is 3. The number of carbonyl (C=O) groups excluding carboxylic acids is 1. The predicted molar refractivity (Wildman–Crippen MR) is 116 cm³/mol. The summed E-state index contributed by atoms with van der Waals surface area (Å²) < 4.78 is 6.63. The molecule has 150 valence electrons. The molecular weight excluding hydrogens is 470 g/mol. The summed E-state index contributed by atoms with van der Waals surface area (Å²) in [6.45, 7) is 1.95. The van der Waals surface area contributed by atoms with Crippen molar-refractivity contribution in [2.75, 3.05) is 4.90 Å². The lowest BCUT2D eigenvalue weighted by Crippen LogP contribution is -2.29. The van der Waals surface area contributed by atoms with Crippen LogP contribution in [0.2, 0.25) is 0 Å². The second kappa shape index (κ2) is 7.03. The molecule has 1 aliphatic rings. The first kappa shape index (κ1) is 19.0. The van der Waals surface area contributed by atoms with E-state index in [1.54, 1.807) is 30.3 Å². The number of benzene rings is 2. The highest BCUT2D eigenvalue weighted by atomic mass is 79.9. The number of aryl methyl sites for hydroxylation is 1. The van der Waals surface area contributed by atoms with Crippen LogP contribution in [0.15, 0.2) is 56.1 Å². The number of phenols is 1. The Bertz CT molecular complexity index is 1380. The fourth-order valence-electron chi connectivity index (χ4n) is 3.64. The standard InChI is InChI=1S/C21H14BrN3O4S/c1-2-15-23-24-21(30-15)25-17(10-4-3-5-12(26)8-10)16-18(27)13-9-11(22)6-7-14(13)29-19(16)20(25)28/h3-9,17,26H,2H2,1H3. The first-order chi connectivity index (χ1) is 14.5. The van der Waals surface area contributed by atoms with Gasteiger partial charge >= 0.3 is 0 Å². The molecule has 0 saturated carbocycles. The van der Waals surface area contributed by atoms with Gasteiger partial charge in [-0.3, -0.25) is 14.5 Å². The van der Waals surface area contributed by atoms with Crippen LogP contribution in [0, 0.1) is 0 Å². The van der Waals surface area contributed by atoms with E-state index in [2.05, 4.69) is 26.1 Å². The molecule has 1 unspecified atom stereocenters. The molecule has 0 radical (unpaired) electrons. The van der Waals surface area contributed by atoms with Gasteiger partial charge in [0, 0.05) is 4.47 Å². The van der Waals surface area contributed by atoms with Crippen LogP contribution in [0.3, 0.4) is 0 Å². The predicted octanol–water partition coefficient (Wildman–Crippen LogP) is 4.42. The summed E-state index contributed by atoms with van der Waals surface area (Å²) >= 11 is 4.67. The van der Waals surface area contributed by atoms with Crippen molar-refractivity contribution in [3.63, 3.8) is 0 Å². The summed E-state index contributed by atoms with van der Waals surface area (Å²) in [7, 11) is 0. The van der Waals surface area contributed by atoms with Crippen LogP contribution >= 0.6 is 27.3 Å². The van der Waals surface area contributed by atoms with E-state index >= 15 is 0 Å². The normalized spacial score (nSPS) is 15.7. The smallest absolute Gasteiger partial charge is 0.297 e. The maximum absolute atomic E-state index is 13.5. The lowest BCUT2D eigenvalue weighted by atomic mass is 9.98. The molecule has 9 heteroatoms. The Hall–Kier alpha value is -3.04. The van der Waals surface area contributed by atoms with Crippen molar-refractivity contribution in [2.45, 2.75) is 19.4 Å². The van der Waals surface area contributed by atoms with Crippen LogP contribution in [0.4, 0.5) is 5.13 Å². The van der Waals surface area contributed by atoms with E-state index in [9.17, 15) is 14.7 Å². The van der Waals surface area contributed by atoms with Gasteiger partial charge in [0.15, 0.2) is 5.43 Å². The Morgan fingerprint density at radius 3 is 2.77 bits per heavy atom. The Labute approximate surface area is 182 Å². The summed E-state index contributed by atoms with van der Waals surface area (Å²) in [6.07, 6.45) is 0.679. The molecule has 30 heavy (non-hydrogen) atoms. The molecule has 0 spiro atoms. The number of halogens is 1. The molecule has 1 N–H and O–H groups in total. The first-order valence-corrected chi connectivity index (χ1v) is 10.8. The summed E-state index contributed by atoms with van der Waals surface area (Å²) in [5.41, 5.74) is 0.844. The fourth-order valence-corrected chi connectivity index (χ4v) is 4.80. The lowest BCUT2D eigenvalue weighted by Gasteiger charge is -2.22. The third kappa shape index (κ3) is 2.85. The van der Waals surface area contributed by atoms with Gasteiger partial charge in [-0.05, 0) is 42.3 Å². The molecule has 3 heterocycles. The van der Waals surface area contributed by atoms with E-state index < -0.39 is 11.9 Å². The van der Waals surface area contributed by atoms with Gasteiger partial charge in [-0.1, -0.05) is 46.3 Å². The van der Waals surface area contributed by atoms with Crippen LogP contribution in [0.1, 0.15) is 39.7 Å². The van der Waals surface area contributed by atoms with Gasteiger partial charge in [-0.2, -0.15) is 0 Å². The van der Waals surface area contributed by atoms with Crippen LogP contribution in [-0.2, 0) is 6.42 Å². The second-order valence-corrected chi connectivity index (χ2v) is 8.78. The average Bonchev–Trinajstić information content (AvgIpc) is 3.31. The molecule has 0 aliphatic carbocycles. The number of hydrogen-bond acceptors (Lipinski definition) is 7. The van der Waals surface area contributed by atoms with Gasteiger partial charge in [0.05, 0.1) is 17.0 Å². The highest BCUT2D eigenvalue weighted by Crippen LogP contribution is 2.42. The maximum Gasteiger partial charge on any atom is 0.297 e. The Morgan fingerprint density at radius 1 is 1.20 bits per heavy atom. The number of rotatable bonds is 3. The number of amides is 1. The number of hydrogen-bond donors (Lipinski definition) is 1. The van der Waals surface area contributed by atoms with E-state index in [0.29, 0.717) is 28.1 Å². The topological polar surface area (TPSA) is 96.5 Å². The highest BCUT2D eigenvalue weighted by Gasteiger charge is 2.45. The van der Waals surface area contributed by atoms with Crippen molar-refractivity contribution in [1.29, 1.82) is 0 Å². The van der Waals surface area contributed by atoms with E-state index in [4.69, 9.17) is 4.42 Å². The van der Waals surface area contributed by atoms with Crippen molar-refractivity contribution < 1.29 is 14.3 Å². The van der Waals surface area contributed by atoms with Crippen molar-refractivity contribution >= 4 is 49.3 Å². The first-order valence-electron chi connectivity index (χ1n) is 9.19. The van der Waals surface area contributed by atoms with E-state index in [1.807, 2.05) is 6.92 Å². The molecule has 1 atom stereocenters. The lowest BCUT2D eigenvalue weighted by molar-refractivity contribution is 0.0970. The number of carbonyl (C=O) groups is 1. The maximum atomic E-state index is 13.5. The minimum absolute atomic E-state index is 0.0172. The van der Waals surface area contributed by atoms with E-state index in [-0.39, 0.29) is 22.5 Å². The molecule has 1 amide bonds. The number of aromatic hydroxyl groups is 1. The summed E-state index contributed by atoms with van der Waals surface area (Å²) in [5.74, 6) is -0.441. The minimum Gasteiger partial charge on any atom is -0.508 e. The van der Waals surface area contributed by atoms with Crippen molar-refractivity contribution in [3.8, 4) is 5.75 Å².